The van der Waals surface area contributed by atoms with Gasteiger partial charge in [-0.3, -0.25) is 9.59 Å². The van der Waals surface area contributed by atoms with Gasteiger partial charge in [0.1, 0.15) is 4.75 Å². The molecule has 2 unspecified atom stereocenters. The van der Waals surface area contributed by atoms with Crippen molar-refractivity contribution >= 4 is 21.7 Å². The average molecular weight is 319 g/mol. The summed E-state index contributed by atoms with van der Waals surface area (Å²) in [5.74, 6) is -1.16. The third-order valence-electron chi connectivity index (χ3n) is 4.49. The number of rotatable bonds is 5. The van der Waals surface area contributed by atoms with Gasteiger partial charge < -0.3 is 10.0 Å². The van der Waals surface area contributed by atoms with Crippen LogP contribution in [-0.4, -0.2) is 54.4 Å². The van der Waals surface area contributed by atoms with Crippen LogP contribution in [0.5, 0.6) is 0 Å². The van der Waals surface area contributed by atoms with Crippen LogP contribution < -0.4 is 0 Å². The van der Waals surface area contributed by atoms with Crippen LogP contribution in [0.25, 0.3) is 0 Å². The van der Waals surface area contributed by atoms with Gasteiger partial charge in [0.15, 0.2) is 9.84 Å². The summed E-state index contributed by atoms with van der Waals surface area (Å²) in [4.78, 5) is 24.9. The highest BCUT2D eigenvalue weighted by Crippen LogP contribution is 2.28. The lowest BCUT2D eigenvalue weighted by Crippen LogP contribution is -2.53. The van der Waals surface area contributed by atoms with E-state index in [-0.39, 0.29) is 18.3 Å². The van der Waals surface area contributed by atoms with E-state index < -0.39 is 26.5 Å². The molecule has 2 atom stereocenters. The Morgan fingerprint density at radius 1 is 1.38 bits per heavy atom. The van der Waals surface area contributed by atoms with E-state index in [9.17, 15) is 18.0 Å². The molecular weight excluding hydrogens is 294 g/mol. The molecule has 7 heteroatoms. The fourth-order valence-electron chi connectivity index (χ4n) is 2.64. The van der Waals surface area contributed by atoms with E-state index in [4.69, 9.17) is 5.11 Å². The molecule has 0 aromatic heterocycles. The summed E-state index contributed by atoms with van der Waals surface area (Å²) in [5.41, 5.74) is 0. The predicted molar refractivity (Wildman–Crippen MR) is 79.6 cm³/mol. The van der Waals surface area contributed by atoms with E-state index in [2.05, 4.69) is 0 Å². The van der Waals surface area contributed by atoms with Gasteiger partial charge in [0.25, 0.3) is 0 Å². The van der Waals surface area contributed by atoms with Crippen molar-refractivity contribution in [2.75, 3.05) is 19.3 Å². The number of carbonyl (C=O) groups is 2. The molecule has 0 aromatic rings. The van der Waals surface area contributed by atoms with Crippen molar-refractivity contribution in [3.63, 3.8) is 0 Å². The van der Waals surface area contributed by atoms with Gasteiger partial charge in [-0.15, -0.1) is 0 Å². The minimum atomic E-state index is -3.49. The summed E-state index contributed by atoms with van der Waals surface area (Å²) >= 11 is 0. The molecule has 0 aromatic carbocycles. The van der Waals surface area contributed by atoms with Crippen molar-refractivity contribution in [3.05, 3.63) is 0 Å². The number of hydrogen-bond acceptors (Lipinski definition) is 4. The second kappa shape index (κ2) is 6.34. The predicted octanol–water partition coefficient (Wildman–Crippen LogP) is 1.16. The van der Waals surface area contributed by atoms with Crippen LogP contribution in [0.2, 0.25) is 0 Å². The van der Waals surface area contributed by atoms with Gasteiger partial charge in [-0.1, -0.05) is 6.92 Å². The standard InChI is InChI=1S/C14H25NO5S/c1-10(8-12(16)17)11-6-5-7-15(9-11)13(18)14(2,3)21(4,19)20/h10-11H,5-9H2,1-4H3,(H,16,17). The molecule has 1 aliphatic heterocycles. The molecule has 0 bridgehead atoms. The number of aliphatic carboxylic acids is 1. The number of amides is 1. The Labute approximate surface area is 126 Å². The van der Waals surface area contributed by atoms with Crippen LogP contribution in [0, 0.1) is 11.8 Å². The fourth-order valence-corrected chi connectivity index (χ4v) is 3.09. The molecule has 1 amide bonds. The van der Waals surface area contributed by atoms with Gasteiger partial charge in [-0.2, -0.15) is 0 Å². The van der Waals surface area contributed by atoms with Crippen molar-refractivity contribution in [1.82, 2.24) is 4.90 Å². The number of sulfone groups is 1. The van der Waals surface area contributed by atoms with Crippen LogP contribution in [-0.2, 0) is 19.4 Å². The Hall–Kier alpha value is -1.11. The van der Waals surface area contributed by atoms with Gasteiger partial charge in [0.05, 0.1) is 0 Å². The number of piperidine rings is 1. The van der Waals surface area contributed by atoms with Crippen LogP contribution in [0.15, 0.2) is 0 Å². The molecule has 0 aliphatic carbocycles. The van der Waals surface area contributed by atoms with Gasteiger partial charge in [0, 0.05) is 25.8 Å². The first-order valence-electron chi connectivity index (χ1n) is 7.17. The molecule has 21 heavy (non-hydrogen) atoms. The molecule has 0 radical (unpaired) electrons. The second-order valence-electron chi connectivity index (χ2n) is 6.51. The molecule has 0 saturated carbocycles. The van der Waals surface area contributed by atoms with E-state index in [1.54, 1.807) is 4.90 Å². The monoisotopic (exact) mass is 319 g/mol. The lowest BCUT2D eigenvalue weighted by molar-refractivity contribution is -0.139. The molecule has 1 fully saturated rings. The number of hydrogen-bond donors (Lipinski definition) is 1. The van der Waals surface area contributed by atoms with E-state index in [1.165, 1.54) is 13.8 Å². The second-order valence-corrected chi connectivity index (χ2v) is 9.08. The summed E-state index contributed by atoms with van der Waals surface area (Å²) in [6, 6.07) is 0. The molecule has 6 nitrogen and oxygen atoms in total. The van der Waals surface area contributed by atoms with Crippen molar-refractivity contribution in [3.8, 4) is 0 Å². The highest BCUT2D eigenvalue weighted by atomic mass is 32.2. The van der Waals surface area contributed by atoms with E-state index in [0.29, 0.717) is 13.1 Å². The van der Waals surface area contributed by atoms with Crippen molar-refractivity contribution < 1.29 is 23.1 Å². The topological polar surface area (TPSA) is 91.8 Å². The Kier molecular flexibility index (Phi) is 5.41. The lowest BCUT2D eigenvalue weighted by Gasteiger charge is -2.38. The molecule has 0 spiro atoms. The summed E-state index contributed by atoms with van der Waals surface area (Å²) < 4.78 is 22.1. The number of carbonyl (C=O) groups excluding carboxylic acids is 1. The fraction of sp³-hybridized carbons (Fsp3) is 0.857. The molecule has 1 rings (SSSR count). The van der Waals surface area contributed by atoms with E-state index in [1.807, 2.05) is 6.92 Å². The van der Waals surface area contributed by atoms with Crippen LogP contribution >= 0.6 is 0 Å². The lowest BCUT2D eigenvalue weighted by atomic mass is 9.84. The van der Waals surface area contributed by atoms with Crippen LogP contribution in [0.1, 0.15) is 40.0 Å². The highest BCUT2D eigenvalue weighted by molar-refractivity contribution is 7.92. The smallest absolute Gasteiger partial charge is 0.303 e. The summed E-state index contributed by atoms with van der Waals surface area (Å²) in [7, 11) is -3.49. The maximum atomic E-state index is 12.5. The summed E-state index contributed by atoms with van der Waals surface area (Å²) in [6.45, 7) is 5.69. The third-order valence-corrected chi connectivity index (χ3v) is 6.52. The third kappa shape index (κ3) is 4.18. The minimum absolute atomic E-state index is 0.0283. The number of nitrogens with zero attached hydrogens (tertiary/aromatic N) is 1. The Bertz CT molecular complexity index is 511. The zero-order valence-corrected chi connectivity index (χ0v) is 13.9. The molecule has 1 N–H and O–H groups in total. The van der Waals surface area contributed by atoms with Crippen molar-refractivity contribution in [2.45, 2.75) is 44.8 Å². The molecule has 122 valence electrons. The summed E-state index contributed by atoms with van der Waals surface area (Å²) in [5, 5.41) is 8.87. The van der Waals surface area contributed by atoms with Gasteiger partial charge in [-0.05, 0) is 38.5 Å². The van der Waals surface area contributed by atoms with E-state index >= 15 is 0 Å². The first kappa shape index (κ1) is 17.9. The summed E-state index contributed by atoms with van der Waals surface area (Å²) in [6.07, 6.45) is 2.79. The maximum Gasteiger partial charge on any atom is 0.303 e. The SMILES string of the molecule is CC(CC(=O)O)C1CCCN(C(=O)C(C)(C)S(C)(=O)=O)C1. The van der Waals surface area contributed by atoms with Gasteiger partial charge in [0.2, 0.25) is 5.91 Å². The van der Waals surface area contributed by atoms with E-state index in [0.717, 1.165) is 19.1 Å². The zero-order chi connectivity index (χ0) is 16.4. The van der Waals surface area contributed by atoms with Gasteiger partial charge in [-0.25, -0.2) is 8.42 Å². The van der Waals surface area contributed by atoms with Crippen molar-refractivity contribution in [1.29, 1.82) is 0 Å². The minimum Gasteiger partial charge on any atom is -0.481 e. The molecule has 1 heterocycles. The van der Waals surface area contributed by atoms with Crippen LogP contribution in [0.4, 0.5) is 0 Å². The quantitative estimate of drug-likeness (QED) is 0.821. The Morgan fingerprint density at radius 3 is 2.43 bits per heavy atom. The Balaban J connectivity index is 2.81. The molecule has 1 saturated heterocycles. The zero-order valence-electron chi connectivity index (χ0n) is 13.1. The number of carboxylic acid groups (broad SMARTS) is 1. The first-order chi connectivity index (χ1) is 9.46. The normalized spacial score (nSPS) is 21.9. The van der Waals surface area contributed by atoms with Gasteiger partial charge >= 0.3 is 5.97 Å². The number of likely N-dealkylation sites (tertiary alicyclic amines) is 1. The highest BCUT2D eigenvalue weighted by Gasteiger charge is 2.42. The average Bonchev–Trinajstić information content (AvgIpc) is 2.35. The van der Waals surface area contributed by atoms with Crippen LogP contribution in [0.3, 0.4) is 0 Å². The molecular formula is C14H25NO5S. The largest absolute Gasteiger partial charge is 0.481 e. The first-order valence-corrected chi connectivity index (χ1v) is 9.06. The maximum absolute atomic E-state index is 12.5. The molecule has 1 aliphatic rings. The van der Waals surface area contributed by atoms with Crippen molar-refractivity contribution in [2.24, 2.45) is 11.8 Å². The number of carboxylic acids is 1. The Morgan fingerprint density at radius 2 is 1.95 bits per heavy atom.